The van der Waals surface area contributed by atoms with Crippen molar-refractivity contribution in [2.75, 3.05) is 17.2 Å². The lowest BCUT2D eigenvalue weighted by Crippen LogP contribution is -2.29. The van der Waals surface area contributed by atoms with E-state index in [1.807, 2.05) is 24.3 Å². The number of benzene rings is 1. The van der Waals surface area contributed by atoms with Crippen molar-refractivity contribution in [2.24, 2.45) is 0 Å². The van der Waals surface area contributed by atoms with Crippen LogP contribution in [-0.4, -0.2) is 17.5 Å². The average Bonchev–Trinajstić information content (AvgIpc) is 2.75. The highest BCUT2D eigenvalue weighted by atomic mass is 32.1. The van der Waals surface area contributed by atoms with Crippen LogP contribution in [0.2, 0.25) is 0 Å². The summed E-state index contributed by atoms with van der Waals surface area (Å²) in [5, 5.41) is 0.516. The third-order valence-electron chi connectivity index (χ3n) is 2.92. The number of nitrogen functional groups attached to an aromatic ring is 1. The van der Waals surface area contributed by atoms with Gasteiger partial charge in [-0.25, -0.2) is 4.98 Å². The molecule has 0 aliphatic carbocycles. The molecule has 1 aliphatic heterocycles. The summed E-state index contributed by atoms with van der Waals surface area (Å²) in [6.07, 6.45) is 2.09. The molecule has 1 amide bonds. The second-order valence-corrected chi connectivity index (χ2v) is 5.36. The molecule has 19 heavy (non-hydrogen) atoms. The van der Waals surface area contributed by atoms with Gasteiger partial charge in [-0.15, -0.1) is 11.3 Å². The summed E-state index contributed by atoms with van der Waals surface area (Å²) in [5.41, 5.74) is 6.43. The second-order valence-electron chi connectivity index (χ2n) is 4.21. The number of hydrogen-bond acceptors (Lipinski definition) is 5. The van der Waals surface area contributed by atoms with Gasteiger partial charge in [0.05, 0.1) is 25.3 Å². The fourth-order valence-electron chi connectivity index (χ4n) is 2.04. The fraction of sp³-hybridized carbons (Fsp3) is 0.231. The van der Waals surface area contributed by atoms with E-state index in [4.69, 9.17) is 10.5 Å². The van der Waals surface area contributed by atoms with Gasteiger partial charge in [0.25, 0.3) is 0 Å². The summed E-state index contributed by atoms with van der Waals surface area (Å²) in [5.74, 6) is 0.794. The van der Waals surface area contributed by atoms with Crippen LogP contribution in [-0.2, 0) is 11.3 Å². The lowest BCUT2D eigenvalue weighted by molar-refractivity contribution is -0.118. The summed E-state index contributed by atoms with van der Waals surface area (Å²) in [6.45, 7) is 0.894. The Morgan fingerprint density at radius 3 is 3.05 bits per heavy atom. The quantitative estimate of drug-likeness (QED) is 0.910. The zero-order valence-electron chi connectivity index (χ0n) is 10.2. The second kappa shape index (κ2) is 4.89. The minimum atomic E-state index is 0.0527. The molecular weight excluding hydrogens is 262 g/mol. The maximum absolute atomic E-state index is 12.2. The molecule has 3 rings (SSSR count). The molecular formula is C13H13N3O2S. The van der Waals surface area contributed by atoms with Crippen LogP contribution in [0.1, 0.15) is 11.3 Å². The zero-order chi connectivity index (χ0) is 13.2. The molecule has 2 heterocycles. The molecule has 0 saturated carbocycles. The Labute approximate surface area is 114 Å². The van der Waals surface area contributed by atoms with E-state index >= 15 is 0 Å². The topological polar surface area (TPSA) is 68.5 Å². The number of fused-ring (bicyclic) bond motifs is 1. The van der Waals surface area contributed by atoms with Crippen molar-refractivity contribution >= 4 is 28.1 Å². The Bertz CT molecular complexity index is 611. The van der Waals surface area contributed by atoms with Gasteiger partial charge in [-0.05, 0) is 12.1 Å². The van der Waals surface area contributed by atoms with Gasteiger partial charge < -0.3 is 15.4 Å². The van der Waals surface area contributed by atoms with Crippen molar-refractivity contribution in [3.63, 3.8) is 0 Å². The van der Waals surface area contributed by atoms with Crippen LogP contribution >= 0.6 is 11.3 Å². The van der Waals surface area contributed by atoms with Crippen molar-refractivity contribution in [1.82, 2.24) is 4.98 Å². The molecule has 1 aromatic heterocycles. The van der Waals surface area contributed by atoms with E-state index in [9.17, 15) is 4.79 Å². The van der Waals surface area contributed by atoms with E-state index in [-0.39, 0.29) is 5.91 Å². The van der Waals surface area contributed by atoms with Gasteiger partial charge in [0.15, 0.2) is 5.13 Å². The van der Waals surface area contributed by atoms with Gasteiger partial charge in [0.1, 0.15) is 5.75 Å². The number of ether oxygens (including phenoxy) is 1. The smallest absolute Gasteiger partial charge is 0.230 e. The molecule has 6 heteroatoms. The SMILES string of the molecule is Nc1ncc(CN2C(=O)CCOc3ccccc32)s1. The Morgan fingerprint density at radius 2 is 2.26 bits per heavy atom. The number of carbonyl (C=O) groups is 1. The molecule has 2 aromatic rings. The van der Waals surface area contributed by atoms with Gasteiger partial charge >= 0.3 is 0 Å². The monoisotopic (exact) mass is 275 g/mol. The molecule has 0 saturated heterocycles. The highest BCUT2D eigenvalue weighted by Gasteiger charge is 2.23. The number of amides is 1. The zero-order valence-corrected chi connectivity index (χ0v) is 11.0. The molecule has 5 nitrogen and oxygen atoms in total. The predicted octanol–water partition coefficient (Wildman–Crippen LogP) is 2.04. The number of hydrogen-bond donors (Lipinski definition) is 1. The number of carbonyl (C=O) groups excluding carboxylic acids is 1. The Morgan fingerprint density at radius 1 is 1.42 bits per heavy atom. The number of thiazole rings is 1. The number of para-hydroxylation sites is 2. The van der Waals surface area contributed by atoms with Gasteiger partial charge in [0.2, 0.25) is 5.91 Å². The maximum atomic E-state index is 12.2. The van der Waals surface area contributed by atoms with E-state index in [2.05, 4.69) is 4.98 Å². The number of aromatic nitrogens is 1. The third-order valence-corrected chi connectivity index (χ3v) is 3.73. The summed E-state index contributed by atoms with van der Waals surface area (Å²) < 4.78 is 5.59. The predicted molar refractivity (Wildman–Crippen MR) is 74.3 cm³/mol. The summed E-state index contributed by atoms with van der Waals surface area (Å²) >= 11 is 1.40. The van der Waals surface area contributed by atoms with Gasteiger partial charge in [0, 0.05) is 11.1 Å². The van der Waals surface area contributed by atoms with Crippen LogP contribution in [0.5, 0.6) is 5.75 Å². The lowest BCUT2D eigenvalue weighted by atomic mass is 10.2. The molecule has 1 aliphatic rings. The molecule has 0 unspecified atom stereocenters. The lowest BCUT2D eigenvalue weighted by Gasteiger charge is -2.20. The van der Waals surface area contributed by atoms with Crippen LogP contribution in [0.3, 0.4) is 0 Å². The Hall–Kier alpha value is -2.08. The standard InChI is InChI=1S/C13H13N3O2S/c14-13-15-7-9(19-13)8-16-10-3-1-2-4-11(10)18-6-5-12(16)17/h1-4,7H,5-6,8H2,(H2,14,15). The normalized spacial score (nSPS) is 14.7. The van der Waals surface area contributed by atoms with Crippen LogP contribution in [0.15, 0.2) is 30.5 Å². The molecule has 0 atom stereocenters. The van der Waals surface area contributed by atoms with E-state index in [0.29, 0.717) is 24.7 Å². The van der Waals surface area contributed by atoms with E-state index in [0.717, 1.165) is 16.3 Å². The molecule has 0 radical (unpaired) electrons. The van der Waals surface area contributed by atoms with Crippen molar-refractivity contribution in [2.45, 2.75) is 13.0 Å². The van der Waals surface area contributed by atoms with Crippen LogP contribution < -0.4 is 15.4 Å². The summed E-state index contributed by atoms with van der Waals surface area (Å²) in [4.78, 5) is 18.9. The highest BCUT2D eigenvalue weighted by molar-refractivity contribution is 7.15. The minimum absolute atomic E-state index is 0.0527. The van der Waals surface area contributed by atoms with Gasteiger partial charge in [-0.3, -0.25) is 4.79 Å². The average molecular weight is 275 g/mol. The van der Waals surface area contributed by atoms with Crippen molar-refractivity contribution in [3.05, 3.63) is 35.3 Å². The van der Waals surface area contributed by atoms with Crippen LogP contribution in [0.4, 0.5) is 10.8 Å². The number of nitrogens with zero attached hydrogens (tertiary/aromatic N) is 2. The van der Waals surface area contributed by atoms with E-state index in [1.54, 1.807) is 11.1 Å². The Balaban J connectivity index is 1.95. The number of rotatable bonds is 2. The van der Waals surface area contributed by atoms with E-state index in [1.165, 1.54) is 11.3 Å². The van der Waals surface area contributed by atoms with Gasteiger partial charge in [-0.2, -0.15) is 0 Å². The van der Waals surface area contributed by atoms with Gasteiger partial charge in [-0.1, -0.05) is 12.1 Å². The minimum Gasteiger partial charge on any atom is -0.491 e. The first-order valence-electron chi connectivity index (χ1n) is 5.96. The summed E-state index contributed by atoms with van der Waals surface area (Å²) in [6, 6.07) is 7.57. The Kier molecular flexibility index (Phi) is 3.08. The number of anilines is 2. The first-order chi connectivity index (χ1) is 9.24. The van der Waals surface area contributed by atoms with Crippen molar-refractivity contribution in [1.29, 1.82) is 0 Å². The van der Waals surface area contributed by atoms with Crippen molar-refractivity contribution < 1.29 is 9.53 Å². The van der Waals surface area contributed by atoms with Crippen LogP contribution in [0.25, 0.3) is 0 Å². The summed E-state index contributed by atoms with van der Waals surface area (Å²) in [7, 11) is 0. The molecule has 0 spiro atoms. The number of nitrogens with two attached hydrogens (primary N) is 1. The van der Waals surface area contributed by atoms with E-state index < -0.39 is 0 Å². The molecule has 0 fully saturated rings. The molecule has 98 valence electrons. The third kappa shape index (κ3) is 2.39. The largest absolute Gasteiger partial charge is 0.491 e. The highest BCUT2D eigenvalue weighted by Crippen LogP contribution is 2.32. The molecule has 1 aromatic carbocycles. The molecule has 0 bridgehead atoms. The fourth-order valence-corrected chi connectivity index (χ4v) is 2.72. The first-order valence-corrected chi connectivity index (χ1v) is 6.78. The first kappa shape index (κ1) is 12.0. The van der Waals surface area contributed by atoms with Crippen molar-refractivity contribution in [3.8, 4) is 5.75 Å². The van der Waals surface area contributed by atoms with Crippen LogP contribution in [0, 0.1) is 0 Å². The molecule has 2 N–H and O–H groups in total. The maximum Gasteiger partial charge on any atom is 0.230 e.